The van der Waals surface area contributed by atoms with Crippen LogP contribution in [0.15, 0.2) is 73.8 Å². The zero-order valence-corrected chi connectivity index (χ0v) is 20.6. The van der Waals surface area contributed by atoms with Crippen molar-refractivity contribution in [3.8, 4) is 68.3 Å². The highest BCUT2D eigenvalue weighted by Crippen LogP contribution is 2.37. The largest absolute Gasteiger partial charge is 0.325 e. The molecule has 0 amide bonds. The molecule has 0 radical (unpaired) electrons. The highest BCUT2D eigenvalue weighted by molar-refractivity contribution is 6.04. The van der Waals surface area contributed by atoms with Crippen LogP contribution in [0.3, 0.4) is 0 Å². The molecule has 6 aromatic heterocycles. The van der Waals surface area contributed by atoms with E-state index in [4.69, 9.17) is 29.9 Å². The minimum atomic E-state index is 0.520. The first kappa shape index (κ1) is 21.0. The highest BCUT2D eigenvalue weighted by Gasteiger charge is 2.27. The van der Waals surface area contributed by atoms with Crippen LogP contribution < -0.4 is 19.9 Å². The highest BCUT2D eigenvalue weighted by atomic mass is 15.1. The van der Waals surface area contributed by atoms with E-state index < -0.39 is 0 Å². The summed E-state index contributed by atoms with van der Waals surface area (Å²) in [6.45, 7) is 0. The average molecular weight is 523 g/mol. The van der Waals surface area contributed by atoms with E-state index in [0.717, 1.165) is 49.8 Å². The fourth-order valence-electron chi connectivity index (χ4n) is 5.34. The number of fused-ring (bicyclic) bond motifs is 20. The molecule has 0 saturated carbocycles. The number of rotatable bonds is 0. The molecular weight excluding hydrogens is 504 g/mol. The van der Waals surface area contributed by atoms with Gasteiger partial charge in [-0.1, -0.05) is 0 Å². The molecule has 0 aromatic carbocycles. The molecule has 6 N–H and O–H groups in total. The molecule has 9 rings (SSSR count). The van der Waals surface area contributed by atoms with E-state index in [1.165, 1.54) is 0 Å². The van der Waals surface area contributed by atoms with Crippen LogP contribution in [-0.4, -0.2) is 39.9 Å². The van der Waals surface area contributed by atoms with Crippen molar-refractivity contribution in [3.05, 3.63) is 73.8 Å². The maximum Gasteiger partial charge on any atom is 0.178 e. The van der Waals surface area contributed by atoms with E-state index in [2.05, 4.69) is 29.9 Å². The first-order chi connectivity index (χ1) is 19.8. The molecule has 0 spiro atoms. The summed E-state index contributed by atoms with van der Waals surface area (Å²) < 4.78 is 0. The molecule has 0 saturated heterocycles. The molecule has 0 atom stereocenters. The van der Waals surface area contributed by atoms with Crippen LogP contribution in [0.25, 0.3) is 90.4 Å². The third kappa shape index (κ3) is 2.95. The van der Waals surface area contributed by atoms with Gasteiger partial charge in [0.05, 0.1) is 22.1 Å². The van der Waals surface area contributed by atoms with Crippen LogP contribution in [0.4, 0.5) is 0 Å². The van der Waals surface area contributed by atoms with Gasteiger partial charge in [0, 0.05) is 46.3 Å². The van der Waals surface area contributed by atoms with Gasteiger partial charge in [0.15, 0.2) is 78.7 Å². The zero-order valence-electron chi connectivity index (χ0n) is 20.6. The Morgan fingerprint density at radius 3 is 1.60 bits per heavy atom. The second kappa shape index (κ2) is 7.74. The summed E-state index contributed by atoms with van der Waals surface area (Å²) in [5, 5.41) is 1.86. The minimum absolute atomic E-state index is 0.520. The third-order valence-electron chi connectivity index (χ3n) is 7.21. The van der Waals surface area contributed by atoms with Crippen molar-refractivity contribution in [1.82, 2.24) is 39.9 Å². The Kier molecular flexibility index (Phi) is 4.05. The van der Waals surface area contributed by atoms with E-state index in [9.17, 15) is 0 Å². The minimum Gasteiger partial charge on any atom is -0.325 e. The summed E-state index contributed by atoms with van der Waals surface area (Å²) in [4.78, 5) is 49.0. The number of hydrogen-bond acceptors (Lipinski definition) is 6. The Bertz CT molecular complexity index is 2100. The first-order valence-electron chi connectivity index (χ1n) is 12.6. The van der Waals surface area contributed by atoms with Crippen molar-refractivity contribution in [2.45, 2.75) is 0 Å². The van der Waals surface area contributed by atoms with E-state index in [0.29, 0.717) is 40.6 Å². The SMILES string of the molecule is c1cc2c(c[nH+]1)-c1nc3nc(nc4nc([nH]c5[nH]c(nc-2n1)c1c[nH+]ccc51)-c1c[nH+]ccc1-4)-c1c[nH+]ccc1-3. The Balaban J connectivity index is 1.48. The quantitative estimate of drug-likeness (QED) is 0.309. The molecule has 3 aliphatic rings. The predicted octanol–water partition coefficient (Wildman–Crippen LogP) is 2.03. The molecule has 12 nitrogen and oxygen atoms in total. The van der Waals surface area contributed by atoms with Gasteiger partial charge >= 0.3 is 0 Å². The second-order valence-corrected chi connectivity index (χ2v) is 9.50. The molecule has 186 valence electrons. The lowest BCUT2D eigenvalue weighted by Crippen LogP contribution is -2.00. The molecule has 12 heteroatoms. The third-order valence-corrected chi connectivity index (χ3v) is 7.21. The normalized spacial score (nSPS) is 12.0. The molecule has 0 fully saturated rings. The Morgan fingerprint density at radius 1 is 0.425 bits per heavy atom. The molecular formula is C28H18N12+4. The predicted molar refractivity (Wildman–Crippen MR) is 141 cm³/mol. The average Bonchev–Trinajstić information content (AvgIpc) is 3.73. The van der Waals surface area contributed by atoms with E-state index in [1.807, 2.05) is 73.8 Å². The Labute approximate surface area is 224 Å². The number of pyridine rings is 4. The van der Waals surface area contributed by atoms with Gasteiger partial charge in [-0.25, -0.2) is 49.8 Å². The standard InChI is InChI=1S/C28H14N12/c1-5-29-9-17-13(1)21-33-25(17)38-22-15-3-7-31-11-19(15)27(35-22)40-24-16-4-8-32-12-20(16)28(36-24)39-23-14-2-6-30-10-18(14)26(34-23)37-21/h1-12H,(H2,33,34,35,36,37,38,39,40)/p+4. The molecule has 40 heavy (non-hydrogen) atoms. The number of hydrogen-bond donors (Lipinski definition) is 2. The van der Waals surface area contributed by atoms with Crippen molar-refractivity contribution >= 4 is 22.1 Å². The Morgan fingerprint density at radius 2 is 0.925 bits per heavy atom. The lowest BCUT2D eigenvalue weighted by Gasteiger charge is -1.94. The smallest absolute Gasteiger partial charge is 0.178 e. The summed E-state index contributed by atoms with van der Waals surface area (Å²) in [7, 11) is 0. The zero-order chi connectivity index (χ0) is 26.2. The van der Waals surface area contributed by atoms with Gasteiger partial charge in [-0.2, -0.15) is 0 Å². The number of nitrogens with zero attached hydrogens (tertiary/aromatic N) is 6. The molecule has 6 aromatic rings. The molecule has 0 unspecified atom stereocenters. The maximum atomic E-state index is 4.98. The van der Waals surface area contributed by atoms with Crippen LogP contribution in [-0.2, 0) is 0 Å². The first-order valence-corrected chi connectivity index (χ1v) is 12.6. The van der Waals surface area contributed by atoms with Gasteiger partial charge in [0.25, 0.3) is 0 Å². The van der Waals surface area contributed by atoms with Crippen molar-refractivity contribution in [3.63, 3.8) is 0 Å². The topological polar surface area (TPSA) is 165 Å². The van der Waals surface area contributed by atoms with Gasteiger partial charge < -0.3 is 9.97 Å². The maximum absolute atomic E-state index is 4.98. The van der Waals surface area contributed by atoms with Crippen LogP contribution in [0.2, 0.25) is 0 Å². The van der Waals surface area contributed by atoms with Gasteiger partial charge in [-0.3, -0.25) is 0 Å². The van der Waals surface area contributed by atoms with Crippen molar-refractivity contribution in [1.29, 1.82) is 0 Å². The number of aromatic nitrogens is 12. The monoisotopic (exact) mass is 522 g/mol. The summed E-state index contributed by atoms with van der Waals surface area (Å²) in [6, 6.07) is 7.85. The van der Waals surface area contributed by atoms with Gasteiger partial charge in [-0.15, -0.1) is 0 Å². The van der Waals surface area contributed by atoms with Crippen LogP contribution in [0.5, 0.6) is 0 Å². The van der Waals surface area contributed by atoms with Crippen LogP contribution >= 0.6 is 0 Å². The van der Waals surface area contributed by atoms with Crippen LogP contribution in [0.1, 0.15) is 0 Å². The molecule has 0 aliphatic carbocycles. The summed E-state index contributed by atoms with van der Waals surface area (Å²) in [6.07, 6.45) is 15.0. The number of H-pyrrole nitrogens is 6. The lowest BCUT2D eigenvalue weighted by atomic mass is 10.1. The van der Waals surface area contributed by atoms with Crippen molar-refractivity contribution in [2.24, 2.45) is 0 Å². The van der Waals surface area contributed by atoms with Gasteiger partial charge in [0.2, 0.25) is 0 Å². The fraction of sp³-hybridized carbons (Fsp3) is 0. The van der Waals surface area contributed by atoms with Crippen molar-refractivity contribution < 1.29 is 19.9 Å². The Hall–Kier alpha value is -6.04. The summed E-state index contributed by atoms with van der Waals surface area (Å²) >= 11 is 0. The van der Waals surface area contributed by atoms with E-state index >= 15 is 0 Å². The van der Waals surface area contributed by atoms with Crippen molar-refractivity contribution in [2.75, 3.05) is 0 Å². The van der Waals surface area contributed by atoms with Gasteiger partial charge in [-0.05, 0) is 0 Å². The second-order valence-electron chi connectivity index (χ2n) is 9.50. The lowest BCUT2D eigenvalue weighted by molar-refractivity contribution is -0.377. The molecule has 3 aliphatic heterocycles. The molecule has 9 heterocycles. The van der Waals surface area contributed by atoms with E-state index in [1.54, 1.807) is 0 Å². The number of nitrogens with one attached hydrogen (secondary N) is 6. The van der Waals surface area contributed by atoms with E-state index in [-0.39, 0.29) is 0 Å². The van der Waals surface area contributed by atoms with Gasteiger partial charge in [0.1, 0.15) is 17.1 Å². The molecule has 8 bridgehead atoms. The van der Waals surface area contributed by atoms with Crippen LogP contribution in [0, 0.1) is 0 Å². The fourth-order valence-corrected chi connectivity index (χ4v) is 5.34. The summed E-state index contributed by atoms with van der Waals surface area (Å²) in [5.41, 5.74) is 6.60. The number of aromatic amines is 6. The summed E-state index contributed by atoms with van der Waals surface area (Å²) in [5.74, 6) is 3.32.